The van der Waals surface area contributed by atoms with Crippen LogP contribution in [0.5, 0.6) is 0 Å². The van der Waals surface area contributed by atoms with Crippen molar-refractivity contribution < 1.29 is 18.7 Å². The zero-order valence-corrected chi connectivity index (χ0v) is 12.9. The van der Waals surface area contributed by atoms with Gasteiger partial charge in [0.15, 0.2) is 8.32 Å². The van der Waals surface area contributed by atoms with Gasteiger partial charge in [0.25, 0.3) is 0 Å². The predicted octanol–water partition coefficient (Wildman–Crippen LogP) is 2.13. The second kappa shape index (κ2) is 4.70. The normalized spacial score (nSPS) is 36.7. The summed E-state index contributed by atoms with van der Waals surface area (Å²) >= 11 is 0. The highest BCUT2D eigenvalue weighted by molar-refractivity contribution is 6.74. The molecule has 5 heteroatoms. The van der Waals surface area contributed by atoms with Crippen molar-refractivity contribution in [3.63, 3.8) is 0 Å². The van der Waals surface area contributed by atoms with Gasteiger partial charge in [0.1, 0.15) is 18.5 Å². The first-order valence-electron chi connectivity index (χ1n) is 6.65. The molecule has 0 saturated carbocycles. The lowest BCUT2D eigenvalue weighted by atomic mass is 10.1. The van der Waals surface area contributed by atoms with Crippen molar-refractivity contribution >= 4 is 14.6 Å². The van der Waals surface area contributed by atoms with Crippen molar-refractivity contribution in [1.82, 2.24) is 0 Å². The van der Waals surface area contributed by atoms with Gasteiger partial charge in [-0.3, -0.25) is 0 Å². The van der Waals surface area contributed by atoms with Gasteiger partial charge in [-0.05, 0) is 18.1 Å². The highest BCUT2D eigenvalue weighted by atomic mass is 28.4. The number of aldehydes is 1. The Balaban J connectivity index is 2.01. The Morgan fingerprint density at radius 2 is 2.00 bits per heavy atom. The van der Waals surface area contributed by atoms with Crippen LogP contribution >= 0.6 is 0 Å². The van der Waals surface area contributed by atoms with E-state index in [0.29, 0.717) is 13.0 Å². The van der Waals surface area contributed by atoms with Crippen LogP contribution in [0.1, 0.15) is 27.2 Å². The third kappa shape index (κ3) is 2.54. The second-order valence-electron chi connectivity index (χ2n) is 6.80. The van der Waals surface area contributed by atoms with Gasteiger partial charge in [0.2, 0.25) is 0 Å². The molecule has 0 bridgehead atoms. The number of rotatable bonds is 3. The molecule has 2 aliphatic heterocycles. The Morgan fingerprint density at radius 3 is 2.56 bits per heavy atom. The Labute approximate surface area is 110 Å². The van der Waals surface area contributed by atoms with Crippen LogP contribution in [-0.2, 0) is 18.7 Å². The standard InChI is InChI=1S/C13H24O4Si/c1-13(2,3)18(4,5)17-11-8-15-10-6-9(7-14)16-12(10)11/h7,9-12H,6,8H2,1-5H3/t9-,10+,11-,12-/m1/s1. The van der Waals surface area contributed by atoms with Crippen LogP contribution in [0.4, 0.5) is 0 Å². The Hall–Kier alpha value is -0.233. The minimum Gasteiger partial charge on any atom is -0.409 e. The van der Waals surface area contributed by atoms with Crippen molar-refractivity contribution in [2.24, 2.45) is 0 Å². The van der Waals surface area contributed by atoms with Crippen molar-refractivity contribution in [3.8, 4) is 0 Å². The molecule has 0 aromatic heterocycles. The molecule has 4 atom stereocenters. The third-order valence-corrected chi connectivity index (χ3v) is 8.91. The van der Waals surface area contributed by atoms with Crippen LogP contribution in [0.2, 0.25) is 18.1 Å². The Bertz CT molecular complexity index is 323. The predicted molar refractivity (Wildman–Crippen MR) is 71.2 cm³/mol. The smallest absolute Gasteiger partial charge is 0.192 e. The SMILES string of the molecule is CC(C)(C)[Si](C)(C)O[C@@H]1CO[C@H]2C[C@H](C=O)O[C@H]21. The molecule has 4 nitrogen and oxygen atoms in total. The molecule has 0 aromatic carbocycles. The molecule has 0 aliphatic carbocycles. The summed E-state index contributed by atoms with van der Waals surface area (Å²) < 4.78 is 17.7. The fourth-order valence-electron chi connectivity index (χ4n) is 2.26. The van der Waals surface area contributed by atoms with E-state index in [0.717, 1.165) is 6.29 Å². The van der Waals surface area contributed by atoms with E-state index in [9.17, 15) is 4.79 Å². The average molecular weight is 272 g/mol. The number of carbonyl (C=O) groups is 1. The molecule has 0 amide bonds. The minimum absolute atomic E-state index is 0.0131. The summed E-state index contributed by atoms with van der Waals surface area (Å²) in [5.74, 6) is 0. The van der Waals surface area contributed by atoms with E-state index in [1.807, 2.05) is 0 Å². The summed E-state index contributed by atoms with van der Waals surface area (Å²) in [6, 6.07) is 0. The number of fused-ring (bicyclic) bond motifs is 1. The van der Waals surface area contributed by atoms with Crippen LogP contribution < -0.4 is 0 Å². The van der Waals surface area contributed by atoms with E-state index in [1.54, 1.807) is 0 Å². The maximum absolute atomic E-state index is 10.8. The number of ether oxygens (including phenoxy) is 2. The van der Waals surface area contributed by atoms with Crippen LogP contribution in [-0.4, -0.2) is 45.6 Å². The fraction of sp³-hybridized carbons (Fsp3) is 0.923. The van der Waals surface area contributed by atoms with Gasteiger partial charge in [-0.25, -0.2) is 0 Å². The zero-order chi connectivity index (χ0) is 13.6. The van der Waals surface area contributed by atoms with Crippen LogP contribution in [0.3, 0.4) is 0 Å². The van der Waals surface area contributed by atoms with Crippen LogP contribution in [0.15, 0.2) is 0 Å². The van der Waals surface area contributed by atoms with E-state index in [2.05, 4.69) is 33.9 Å². The van der Waals surface area contributed by atoms with Gasteiger partial charge in [-0.1, -0.05) is 20.8 Å². The van der Waals surface area contributed by atoms with Crippen LogP contribution in [0, 0.1) is 0 Å². The highest BCUT2D eigenvalue weighted by Crippen LogP contribution is 2.40. The molecule has 2 heterocycles. The molecular weight excluding hydrogens is 248 g/mol. The summed E-state index contributed by atoms with van der Waals surface area (Å²) in [4.78, 5) is 10.8. The number of hydrogen-bond donors (Lipinski definition) is 0. The summed E-state index contributed by atoms with van der Waals surface area (Å²) in [6.07, 6.45) is 1.19. The van der Waals surface area contributed by atoms with Crippen molar-refractivity contribution in [2.75, 3.05) is 6.61 Å². The third-order valence-electron chi connectivity index (χ3n) is 4.41. The summed E-state index contributed by atoms with van der Waals surface area (Å²) in [5.41, 5.74) is 0. The quantitative estimate of drug-likeness (QED) is 0.583. The summed E-state index contributed by atoms with van der Waals surface area (Å²) in [6.45, 7) is 11.7. The monoisotopic (exact) mass is 272 g/mol. The maximum Gasteiger partial charge on any atom is 0.192 e. The number of hydrogen-bond acceptors (Lipinski definition) is 4. The Kier molecular flexibility index (Phi) is 3.71. The number of carbonyl (C=O) groups excluding carboxylic acids is 1. The van der Waals surface area contributed by atoms with Gasteiger partial charge in [0, 0.05) is 6.42 Å². The maximum atomic E-state index is 10.8. The molecule has 2 rings (SSSR count). The van der Waals surface area contributed by atoms with Crippen molar-refractivity contribution in [1.29, 1.82) is 0 Å². The molecule has 0 radical (unpaired) electrons. The molecule has 2 saturated heterocycles. The molecular formula is C13H24O4Si. The molecule has 0 aromatic rings. The summed E-state index contributed by atoms with van der Waals surface area (Å²) in [5, 5.41) is 0.174. The van der Waals surface area contributed by atoms with E-state index in [4.69, 9.17) is 13.9 Å². The highest BCUT2D eigenvalue weighted by Gasteiger charge is 2.50. The van der Waals surface area contributed by atoms with Crippen LogP contribution in [0.25, 0.3) is 0 Å². The molecule has 0 N–H and O–H groups in total. The van der Waals surface area contributed by atoms with Crippen molar-refractivity contribution in [3.05, 3.63) is 0 Å². The lowest BCUT2D eigenvalue weighted by Gasteiger charge is -2.39. The van der Waals surface area contributed by atoms with E-state index >= 15 is 0 Å². The minimum atomic E-state index is -1.81. The lowest BCUT2D eigenvalue weighted by Crippen LogP contribution is -2.47. The van der Waals surface area contributed by atoms with Gasteiger partial charge < -0.3 is 18.7 Å². The first-order valence-corrected chi connectivity index (χ1v) is 9.55. The molecule has 0 unspecified atom stereocenters. The second-order valence-corrected chi connectivity index (χ2v) is 11.6. The molecule has 2 fully saturated rings. The topological polar surface area (TPSA) is 44.8 Å². The molecule has 104 valence electrons. The first kappa shape index (κ1) is 14.2. The molecule has 0 spiro atoms. The van der Waals surface area contributed by atoms with Gasteiger partial charge >= 0.3 is 0 Å². The van der Waals surface area contributed by atoms with Crippen molar-refractivity contribution in [2.45, 2.75) is 69.7 Å². The van der Waals surface area contributed by atoms with Gasteiger partial charge in [-0.15, -0.1) is 0 Å². The van der Waals surface area contributed by atoms with Gasteiger partial charge in [0.05, 0.1) is 18.8 Å². The lowest BCUT2D eigenvalue weighted by molar-refractivity contribution is -0.119. The van der Waals surface area contributed by atoms with E-state index in [-0.39, 0.29) is 29.5 Å². The van der Waals surface area contributed by atoms with E-state index in [1.165, 1.54) is 0 Å². The fourth-order valence-corrected chi connectivity index (χ4v) is 3.57. The average Bonchev–Trinajstić information content (AvgIpc) is 2.78. The molecule has 18 heavy (non-hydrogen) atoms. The zero-order valence-electron chi connectivity index (χ0n) is 11.9. The largest absolute Gasteiger partial charge is 0.409 e. The molecule has 2 aliphatic rings. The summed E-state index contributed by atoms with van der Waals surface area (Å²) in [7, 11) is -1.81. The van der Waals surface area contributed by atoms with Gasteiger partial charge in [-0.2, -0.15) is 0 Å². The Morgan fingerprint density at radius 1 is 1.33 bits per heavy atom. The first-order chi connectivity index (χ1) is 8.24. The van der Waals surface area contributed by atoms with E-state index < -0.39 is 8.32 Å².